The maximum Gasteiger partial charge on any atom is 0.119 e. The van der Waals surface area contributed by atoms with Gasteiger partial charge in [-0.05, 0) is 39.7 Å². The molecule has 3 nitrogen and oxygen atoms in total. The third-order valence-electron chi connectivity index (χ3n) is 2.72. The molecule has 0 bridgehead atoms. The summed E-state index contributed by atoms with van der Waals surface area (Å²) in [7, 11) is 1.66. The van der Waals surface area contributed by atoms with Crippen molar-refractivity contribution in [2.45, 2.75) is 12.6 Å². The van der Waals surface area contributed by atoms with Gasteiger partial charge >= 0.3 is 0 Å². The van der Waals surface area contributed by atoms with Gasteiger partial charge in [0.25, 0.3) is 0 Å². The Balaban J connectivity index is 1.82. The highest BCUT2D eigenvalue weighted by Crippen LogP contribution is 2.25. The van der Waals surface area contributed by atoms with Crippen molar-refractivity contribution in [1.82, 2.24) is 5.32 Å². The molecule has 0 spiro atoms. The van der Waals surface area contributed by atoms with Crippen molar-refractivity contribution in [3.05, 3.63) is 50.6 Å². The van der Waals surface area contributed by atoms with Gasteiger partial charge in [0.05, 0.1) is 7.11 Å². The molecule has 0 aliphatic heterocycles. The molecule has 0 saturated heterocycles. The number of methoxy groups -OCH3 is 1. The predicted molar refractivity (Wildman–Crippen MR) is 81.7 cm³/mol. The fraction of sp³-hybridized carbons (Fsp3) is 0.286. The number of halogens is 1. The molecule has 0 radical (unpaired) electrons. The molecule has 0 fully saturated rings. The van der Waals surface area contributed by atoms with E-state index in [9.17, 15) is 5.11 Å². The number of thiophene rings is 1. The van der Waals surface area contributed by atoms with E-state index in [1.807, 2.05) is 35.7 Å². The lowest BCUT2D eigenvalue weighted by Crippen LogP contribution is -2.20. The summed E-state index contributed by atoms with van der Waals surface area (Å²) < 4.78 is 6.19. The maximum absolute atomic E-state index is 10.0. The van der Waals surface area contributed by atoms with Gasteiger partial charge in [-0.2, -0.15) is 0 Å². The quantitative estimate of drug-likeness (QED) is 0.846. The summed E-state index contributed by atoms with van der Waals surface area (Å²) in [6.07, 6.45) is -0.470. The van der Waals surface area contributed by atoms with Crippen LogP contribution in [0.1, 0.15) is 16.5 Å². The monoisotopic (exact) mass is 341 g/mol. The van der Waals surface area contributed by atoms with Crippen LogP contribution < -0.4 is 10.1 Å². The molecule has 1 aromatic heterocycles. The van der Waals surface area contributed by atoms with E-state index >= 15 is 0 Å². The summed E-state index contributed by atoms with van der Waals surface area (Å²) in [5.74, 6) is 0.849. The molecular formula is C14H16BrNO2S. The van der Waals surface area contributed by atoms with Gasteiger partial charge in [0.2, 0.25) is 0 Å². The molecule has 1 aromatic carbocycles. The molecule has 102 valence electrons. The summed E-state index contributed by atoms with van der Waals surface area (Å²) in [6.45, 7) is 1.24. The van der Waals surface area contributed by atoms with Crippen LogP contribution in [0.25, 0.3) is 0 Å². The van der Waals surface area contributed by atoms with Crippen molar-refractivity contribution in [2.24, 2.45) is 0 Å². The van der Waals surface area contributed by atoms with Crippen LogP contribution in [-0.4, -0.2) is 18.8 Å². The first-order valence-corrected chi connectivity index (χ1v) is 7.62. The van der Waals surface area contributed by atoms with Gasteiger partial charge < -0.3 is 15.2 Å². The molecule has 2 rings (SSSR count). The van der Waals surface area contributed by atoms with Gasteiger partial charge in [-0.15, -0.1) is 11.3 Å². The van der Waals surface area contributed by atoms with Crippen molar-refractivity contribution in [2.75, 3.05) is 13.7 Å². The van der Waals surface area contributed by atoms with Crippen molar-refractivity contribution in [3.8, 4) is 5.75 Å². The SMILES string of the molecule is COc1cccc(CNC[C@H](O)c2cc(Br)cs2)c1. The Morgan fingerprint density at radius 3 is 2.95 bits per heavy atom. The normalized spacial score (nSPS) is 12.4. The largest absolute Gasteiger partial charge is 0.497 e. The van der Waals surface area contributed by atoms with Crippen molar-refractivity contribution in [3.63, 3.8) is 0 Å². The smallest absolute Gasteiger partial charge is 0.119 e. The van der Waals surface area contributed by atoms with Crippen LogP contribution in [0.5, 0.6) is 5.75 Å². The second-order valence-electron chi connectivity index (χ2n) is 4.17. The number of rotatable bonds is 6. The van der Waals surface area contributed by atoms with Crippen LogP contribution in [0, 0.1) is 0 Å². The highest BCUT2D eigenvalue weighted by Gasteiger charge is 2.09. The molecule has 0 aliphatic carbocycles. The highest BCUT2D eigenvalue weighted by atomic mass is 79.9. The van der Waals surface area contributed by atoms with E-state index < -0.39 is 6.10 Å². The second-order valence-corrected chi connectivity index (χ2v) is 6.02. The third-order valence-corrected chi connectivity index (χ3v) is 4.51. The molecule has 0 aliphatic rings. The van der Waals surface area contributed by atoms with Crippen LogP contribution in [0.15, 0.2) is 40.2 Å². The molecule has 5 heteroatoms. The number of hydrogen-bond donors (Lipinski definition) is 2. The van der Waals surface area contributed by atoms with Crippen molar-refractivity contribution >= 4 is 27.3 Å². The number of nitrogens with one attached hydrogen (secondary N) is 1. The molecule has 0 amide bonds. The lowest BCUT2D eigenvalue weighted by molar-refractivity contribution is 0.178. The van der Waals surface area contributed by atoms with E-state index in [2.05, 4.69) is 21.2 Å². The molecule has 1 heterocycles. The summed E-state index contributed by atoms with van der Waals surface area (Å²) in [5.41, 5.74) is 1.14. The Hall–Kier alpha value is -0.880. The van der Waals surface area contributed by atoms with E-state index in [4.69, 9.17) is 4.74 Å². The minimum atomic E-state index is -0.470. The standard InChI is InChI=1S/C14H16BrNO2S/c1-18-12-4-2-3-10(5-12)7-16-8-13(17)14-6-11(15)9-19-14/h2-6,9,13,16-17H,7-8H2,1H3/t13-/m0/s1. The number of benzene rings is 1. The lowest BCUT2D eigenvalue weighted by Gasteiger charge is -2.10. The fourth-order valence-electron chi connectivity index (χ4n) is 1.74. The fourth-order valence-corrected chi connectivity index (χ4v) is 3.17. The van der Waals surface area contributed by atoms with E-state index in [1.165, 1.54) is 0 Å². The third kappa shape index (κ3) is 4.31. The van der Waals surface area contributed by atoms with Crippen LogP contribution in [-0.2, 0) is 6.54 Å². The van der Waals surface area contributed by atoms with Crippen molar-refractivity contribution in [1.29, 1.82) is 0 Å². The molecule has 2 N–H and O–H groups in total. The predicted octanol–water partition coefficient (Wildman–Crippen LogP) is 3.34. The topological polar surface area (TPSA) is 41.5 Å². The van der Waals surface area contributed by atoms with Gasteiger partial charge in [-0.1, -0.05) is 12.1 Å². The maximum atomic E-state index is 10.0. The van der Waals surface area contributed by atoms with Gasteiger partial charge in [0, 0.05) is 27.8 Å². The van der Waals surface area contributed by atoms with Crippen LogP contribution in [0.4, 0.5) is 0 Å². The van der Waals surface area contributed by atoms with E-state index in [1.54, 1.807) is 18.4 Å². The zero-order chi connectivity index (χ0) is 13.7. The molecule has 19 heavy (non-hydrogen) atoms. The Kier molecular flexibility index (Phi) is 5.39. The molecule has 1 atom stereocenters. The summed E-state index contributed by atoms with van der Waals surface area (Å²) in [5, 5.41) is 15.2. The van der Waals surface area contributed by atoms with Gasteiger partial charge in [0.15, 0.2) is 0 Å². The van der Waals surface area contributed by atoms with Crippen LogP contribution in [0.3, 0.4) is 0 Å². The van der Waals surface area contributed by atoms with Gasteiger partial charge in [-0.3, -0.25) is 0 Å². The second kappa shape index (κ2) is 7.05. The minimum absolute atomic E-state index is 0.470. The van der Waals surface area contributed by atoms with Crippen LogP contribution in [0.2, 0.25) is 0 Å². The number of aliphatic hydroxyl groups excluding tert-OH is 1. The zero-order valence-electron chi connectivity index (χ0n) is 10.6. The Labute approximate surface area is 125 Å². The van der Waals surface area contributed by atoms with E-state index in [0.29, 0.717) is 13.1 Å². The molecule has 0 unspecified atom stereocenters. The summed E-state index contributed by atoms with van der Waals surface area (Å²) in [6, 6.07) is 9.84. The lowest BCUT2D eigenvalue weighted by atomic mass is 10.2. The molecule has 2 aromatic rings. The summed E-state index contributed by atoms with van der Waals surface area (Å²) >= 11 is 4.94. The number of ether oxygens (including phenoxy) is 1. The van der Waals surface area contributed by atoms with E-state index in [-0.39, 0.29) is 0 Å². The zero-order valence-corrected chi connectivity index (χ0v) is 13.0. The number of hydrogen-bond acceptors (Lipinski definition) is 4. The summed E-state index contributed by atoms with van der Waals surface area (Å²) in [4.78, 5) is 0.963. The van der Waals surface area contributed by atoms with Crippen LogP contribution >= 0.6 is 27.3 Å². The first kappa shape index (κ1) is 14.5. The first-order valence-electron chi connectivity index (χ1n) is 5.94. The van der Waals surface area contributed by atoms with E-state index in [0.717, 1.165) is 20.7 Å². The Morgan fingerprint density at radius 1 is 1.42 bits per heavy atom. The average Bonchev–Trinajstić information content (AvgIpc) is 2.86. The minimum Gasteiger partial charge on any atom is -0.497 e. The molecule has 0 saturated carbocycles. The highest BCUT2D eigenvalue weighted by molar-refractivity contribution is 9.10. The first-order chi connectivity index (χ1) is 9.19. The van der Waals surface area contributed by atoms with Gasteiger partial charge in [-0.25, -0.2) is 0 Å². The Morgan fingerprint density at radius 2 is 2.26 bits per heavy atom. The average molecular weight is 342 g/mol. The molecular weight excluding hydrogens is 326 g/mol. The van der Waals surface area contributed by atoms with Gasteiger partial charge in [0.1, 0.15) is 11.9 Å². The number of aliphatic hydroxyl groups is 1. The Bertz CT molecular complexity index is 530. The van der Waals surface area contributed by atoms with Crippen molar-refractivity contribution < 1.29 is 9.84 Å².